The number of hydrogen-bond donors (Lipinski definition) is 1. The van der Waals surface area contributed by atoms with Gasteiger partial charge in [0.05, 0.1) is 18.6 Å². The van der Waals surface area contributed by atoms with Gasteiger partial charge >= 0.3 is 0 Å². The average molecular weight is 208 g/mol. The van der Waals surface area contributed by atoms with E-state index < -0.39 is 6.10 Å². The SMILES string of the molecule is Cc1ccc(C(O)Cc2ccoc2)s1. The van der Waals surface area contributed by atoms with Crippen molar-refractivity contribution in [2.75, 3.05) is 0 Å². The highest BCUT2D eigenvalue weighted by Crippen LogP contribution is 2.25. The van der Waals surface area contributed by atoms with E-state index in [1.54, 1.807) is 23.9 Å². The minimum atomic E-state index is -0.411. The summed E-state index contributed by atoms with van der Waals surface area (Å²) in [5.41, 5.74) is 1.03. The van der Waals surface area contributed by atoms with Gasteiger partial charge in [-0.05, 0) is 30.7 Å². The van der Waals surface area contributed by atoms with Crippen molar-refractivity contribution in [2.24, 2.45) is 0 Å². The second-order valence-electron chi connectivity index (χ2n) is 3.30. The molecule has 2 nitrogen and oxygen atoms in total. The molecule has 2 aromatic heterocycles. The van der Waals surface area contributed by atoms with Crippen LogP contribution < -0.4 is 0 Å². The second-order valence-corrected chi connectivity index (χ2v) is 4.62. The average Bonchev–Trinajstić information content (AvgIpc) is 2.75. The maximum atomic E-state index is 9.87. The topological polar surface area (TPSA) is 33.4 Å². The quantitative estimate of drug-likeness (QED) is 0.841. The van der Waals surface area contributed by atoms with Crippen molar-refractivity contribution in [1.82, 2.24) is 0 Å². The predicted octanol–water partition coefficient (Wildman–Crippen LogP) is 2.93. The molecule has 0 aromatic carbocycles. The Hall–Kier alpha value is -1.06. The molecule has 1 N–H and O–H groups in total. The van der Waals surface area contributed by atoms with Crippen LogP contribution >= 0.6 is 11.3 Å². The van der Waals surface area contributed by atoms with Crippen LogP contribution in [0.1, 0.15) is 21.4 Å². The number of aryl methyl sites for hydroxylation is 1. The molecule has 0 saturated heterocycles. The van der Waals surface area contributed by atoms with E-state index in [2.05, 4.69) is 0 Å². The first-order valence-corrected chi connectivity index (χ1v) is 5.33. The fraction of sp³-hybridized carbons (Fsp3) is 0.273. The van der Waals surface area contributed by atoms with Gasteiger partial charge in [0, 0.05) is 16.2 Å². The summed E-state index contributed by atoms with van der Waals surface area (Å²) in [7, 11) is 0. The lowest BCUT2D eigenvalue weighted by molar-refractivity contribution is 0.182. The Morgan fingerprint density at radius 1 is 1.43 bits per heavy atom. The van der Waals surface area contributed by atoms with E-state index in [9.17, 15) is 5.11 Å². The Morgan fingerprint density at radius 3 is 2.86 bits per heavy atom. The van der Waals surface area contributed by atoms with E-state index in [0.29, 0.717) is 6.42 Å². The molecule has 0 radical (unpaired) electrons. The summed E-state index contributed by atoms with van der Waals surface area (Å²) in [5, 5.41) is 9.87. The first kappa shape index (κ1) is 9.49. The highest BCUT2D eigenvalue weighted by molar-refractivity contribution is 7.12. The molecule has 0 saturated carbocycles. The summed E-state index contributed by atoms with van der Waals surface area (Å²) in [4.78, 5) is 2.25. The van der Waals surface area contributed by atoms with Crippen molar-refractivity contribution in [3.05, 3.63) is 46.0 Å². The maximum absolute atomic E-state index is 9.87. The van der Waals surface area contributed by atoms with E-state index in [-0.39, 0.29) is 0 Å². The molecule has 3 heteroatoms. The van der Waals surface area contributed by atoms with Crippen LogP contribution in [0.5, 0.6) is 0 Å². The van der Waals surface area contributed by atoms with Gasteiger partial charge in [-0.2, -0.15) is 0 Å². The van der Waals surface area contributed by atoms with E-state index in [0.717, 1.165) is 10.4 Å². The minimum absolute atomic E-state index is 0.411. The van der Waals surface area contributed by atoms with Gasteiger partial charge in [-0.3, -0.25) is 0 Å². The Morgan fingerprint density at radius 2 is 2.29 bits per heavy atom. The summed E-state index contributed by atoms with van der Waals surface area (Å²) in [6, 6.07) is 5.88. The van der Waals surface area contributed by atoms with E-state index in [1.165, 1.54) is 4.88 Å². The van der Waals surface area contributed by atoms with Crippen LogP contribution in [0.3, 0.4) is 0 Å². The fourth-order valence-corrected chi connectivity index (χ4v) is 2.23. The van der Waals surface area contributed by atoms with Gasteiger partial charge < -0.3 is 9.52 Å². The van der Waals surface area contributed by atoms with Gasteiger partial charge in [0.2, 0.25) is 0 Å². The number of rotatable bonds is 3. The molecule has 2 aromatic rings. The summed E-state index contributed by atoms with van der Waals surface area (Å²) in [6.07, 6.45) is 3.51. The predicted molar refractivity (Wildman–Crippen MR) is 56.4 cm³/mol. The van der Waals surface area contributed by atoms with Crippen molar-refractivity contribution in [3.63, 3.8) is 0 Å². The summed E-state index contributed by atoms with van der Waals surface area (Å²) in [5.74, 6) is 0. The maximum Gasteiger partial charge on any atom is 0.0935 e. The van der Waals surface area contributed by atoms with Crippen LogP contribution in [0.25, 0.3) is 0 Å². The molecule has 0 aliphatic heterocycles. The Balaban J connectivity index is 2.06. The van der Waals surface area contributed by atoms with Crippen molar-refractivity contribution >= 4 is 11.3 Å². The van der Waals surface area contributed by atoms with Gasteiger partial charge in [0.15, 0.2) is 0 Å². The smallest absolute Gasteiger partial charge is 0.0935 e. The van der Waals surface area contributed by atoms with Crippen molar-refractivity contribution in [1.29, 1.82) is 0 Å². The molecular formula is C11H12O2S. The molecule has 1 atom stereocenters. The molecular weight excluding hydrogens is 196 g/mol. The summed E-state index contributed by atoms with van der Waals surface area (Å²) < 4.78 is 4.95. The van der Waals surface area contributed by atoms with Gasteiger partial charge in [-0.25, -0.2) is 0 Å². The Labute approximate surface area is 86.8 Å². The molecule has 2 rings (SSSR count). The molecule has 14 heavy (non-hydrogen) atoms. The molecule has 0 aliphatic rings. The van der Waals surface area contributed by atoms with Gasteiger partial charge in [-0.15, -0.1) is 11.3 Å². The molecule has 0 amide bonds. The molecule has 74 valence electrons. The van der Waals surface area contributed by atoms with Gasteiger partial charge in [0.1, 0.15) is 0 Å². The largest absolute Gasteiger partial charge is 0.472 e. The second kappa shape index (κ2) is 3.98. The Kier molecular flexibility index (Phi) is 2.70. The molecule has 0 bridgehead atoms. The lowest BCUT2D eigenvalue weighted by atomic mass is 10.1. The zero-order valence-corrected chi connectivity index (χ0v) is 8.75. The standard InChI is InChI=1S/C11H12O2S/c1-8-2-3-11(14-8)10(12)6-9-4-5-13-7-9/h2-5,7,10,12H,6H2,1H3. The van der Waals surface area contributed by atoms with Gasteiger partial charge in [0.25, 0.3) is 0 Å². The minimum Gasteiger partial charge on any atom is -0.472 e. The number of hydrogen-bond acceptors (Lipinski definition) is 3. The van der Waals surface area contributed by atoms with Crippen LogP contribution in [0, 0.1) is 6.92 Å². The normalized spacial score (nSPS) is 13.0. The molecule has 0 fully saturated rings. The van der Waals surface area contributed by atoms with Crippen molar-refractivity contribution < 1.29 is 9.52 Å². The summed E-state index contributed by atoms with van der Waals surface area (Å²) in [6.45, 7) is 2.04. The first-order chi connectivity index (χ1) is 6.75. The lowest BCUT2D eigenvalue weighted by Crippen LogP contribution is -1.97. The third kappa shape index (κ3) is 2.05. The molecule has 0 aliphatic carbocycles. The monoisotopic (exact) mass is 208 g/mol. The van der Waals surface area contributed by atoms with Crippen LogP contribution in [-0.4, -0.2) is 5.11 Å². The van der Waals surface area contributed by atoms with E-state index in [1.807, 2.05) is 25.1 Å². The number of aliphatic hydroxyl groups excluding tert-OH is 1. The molecule has 1 unspecified atom stereocenters. The zero-order valence-electron chi connectivity index (χ0n) is 7.93. The van der Waals surface area contributed by atoms with E-state index in [4.69, 9.17) is 4.42 Å². The first-order valence-electron chi connectivity index (χ1n) is 4.51. The lowest BCUT2D eigenvalue weighted by Gasteiger charge is -2.05. The fourth-order valence-electron chi connectivity index (χ4n) is 1.37. The number of aliphatic hydroxyl groups is 1. The van der Waals surface area contributed by atoms with Crippen LogP contribution in [0.15, 0.2) is 35.1 Å². The number of furan rings is 1. The van der Waals surface area contributed by atoms with Gasteiger partial charge in [-0.1, -0.05) is 0 Å². The van der Waals surface area contributed by atoms with E-state index >= 15 is 0 Å². The van der Waals surface area contributed by atoms with Crippen LogP contribution in [0.2, 0.25) is 0 Å². The third-order valence-corrected chi connectivity index (χ3v) is 3.20. The third-order valence-electron chi connectivity index (χ3n) is 2.10. The van der Waals surface area contributed by atoms with Crippen LogP contribution in [0.4, 0.5) is 0 Å². The molecule has 0 spiro atoms. The van der Waals surface area contributed by atoms with Crippen LogP contribution in [-0.2, 0) is 6.42 Å². The Bertz CT molecular complexity index is 389. The number of thiophene rings is 1. The highest BCUT2D eigenvalue weighted by atomic mass is 32.1. The van der Waals surface area contributed by atoms with Crippen molar-refractivity contribution in [3.8, 4) is 0 Å². The molecule has 2 heterocycles. The summed E-state index contributed by atoms with van der Waals surface area (Å²) >= 11 is 1.64. The highest BCUT2D eigenvalue weighted by Gasteiger charge is 2.10. The van der Waals surface area contributed by atoms with Crippen molar-refractivity contribution in [2.45, 2.75) is 19.4 Å². The zero-order chi connectivity index (χ0) is 9.97.